The van der Waals surface area contributed by atoms with Gasteiger partial charge in [-0.3, -0.25) is 19.5 Å². The lowest BCUT2D eigenvalue weighted by Crippen LogP contribution is -2.47. The van der Waals surface area contributed by atoms with Crippen LogP contribution in [0.4, 0.5) is 0 Å². The number of pyridine rings is 1. The first kappa shape index (κ1) is 18.8. The number of aromatic nitrogens is 1. The zero-order chi connectivity index (χ0) is 18.5. The normalized spacial score (nSPS) is 21.0. The Morgan fingerprint density at radius 3 is 2.73 bits per heavy atom. The van der Waals surface area contributed by atoms with Crippen LogP contribution in [-0.4, -0.2) is 90.0 Å². The fraction of sp³-hybridized carbons (Fsp3) is 0.632. The molecule has 2 amide bonds. The lowest BCUT2D eigenvalue weighted by atomic mass is 10.2. The number of amides is 2. The molecule has 1 aromatic rings. The predicted molar refractivity (Wildman–Crippen MR) is 97.9 cm³/mol. The molecule has 7 heteroatoms. The minimum atomic E-state index is 0.000353. The van der Waals surface area contributed by atoms with Crippen LogP contribution in [0.25, 0.3) is 0 Å². The Labute approximate surface area is 154 Å². The van der Waals surface area contributed by atoms with Gasteiger partial charge in [0.1, 0.15) is 0 Å². The highest BCUT2D eigenvalue weighted by molar-refractivity contribution is 5.94. The van der Waals surface area contributed by atoms with E-state index in [4.69, 9.17) is 4.74 Å². The van der Waals surface area contributed by atoms with E-state index in [1.54, 1.807) is 19.3 Å². The molecule has 0 radical (unpaired) electrons. The van der Waals surface area contributed by atoms with E-state index >= 15 is 0 Å². The maximum absolute atomic E-state index is 12.7. The minimum Gasteiger partial charge on any atom is -0.379 e. The van der Waals surface area contributed by atoms with Crippen LogP contribution in [0.15, 0.2) is 18.5 Å². The summed E-state index contributed by atoms with van der Waals surface area (Å²) in [5, 5.41) is 0. The molecule has 0 spiro atoms. The first-order chi connectivity index (χ1) is 12.5. The van der Waals surface area contributed by atoms with Gasteiger partial charge in [-0.05, 0) is 25.0 Å². The smallest absolute Gasteiger partial charge is 0.255 e. The number of morpholine rings is 1. The molecule has 0 N–H and O–H groups in total. The average Bonchev–Trinajstić information content (AvgIpc) is 3.11. The third kappa shape index (κ3) is 4.59. The largest absolute Gasteiger partial charge is 0.379 e. The molecule has 2 aliphatic rings. The SMILES string of the molecule is CC(=O)N(CCN1CCOCC1)C1CCN(C(=O)c2cncc(C)c2)C1. The van der Waals surface area contributed by atoms with Crippen LogP contribution in [0, 0.1) is 6.92 Å². The highest BCUT2D eigenvalue weighted by atomic mass is 16.5. The van der Waals surface area contributed by atoms with Crippen LogP contribution in [0.3, 0.4) is 0 Å². The van der Waals surface area contributed by atoms with E-state index in [-0.39, 0.29) is 17.9 Å². The van der Waals surface area contributed by atoms with Gasteiger partial charge in [-0.25, -0.2) is 0 Å². The van der Waals surface area contributed by atoms with Crippen LogP contribution < -0.4 is 0 Å². The number of ether oxygens (including phenoxy) is 1. The van der Waals surface area contributed by atoms with Gasteiger partial charge in [0.05, 0.1) is 24.8 Å². The molecule has 142 valence electrons. The molecule has 26 heavy (non-hydrogen) atoms. The van der Waals surface area contributed by atoms with Crippen molar-refractivity contribution in [2.75, 3.05) is 52.5 Å². The summed E-state index contributed by atoms with van der Waals surface area (Å²) >= 11 is 0. The van der Waals surface area contributed by atoms with Crippen LogP contribution in [0.5, 0.6) is 0 Å². The summed E-state index contributed by atoms with van der Waals surface area (Å²) in [4.78, 5) is 35.1. The van der Waals surface area contributed by atoms with Gasteiger partial charge in [0.25, 0.3) is 5.91 Å². The van der Waals surface area contributed by atoms with Crippen molar-refractivity contribution >= 4 is 11.8 Å². The maximum Gasteiger partial charge on any atom is 0.255 e. The molecule has 2 saturated heterocycles. The van der Waals surface area contributed by atoms with Crippen molar-refractivity contribution in [1.29, 1.82) is 0 Å². The van der Waals surface area contributed by atoms with Crippen molar-refractivity contribution in [1.82, 2.24) is 19.7 Å². The zero-order valence-corrected chi connectivity index (χ0v) is 15.7. The summed E-state index contributed by atoms with van der Waals surface area (Å²) in [6.07, 6.45) is 4.18. The lowest BCUT2D eigenvalue weighted by molar-refractivity contribution is -0.131. The molecule has 0 aromatic carbocycles. The Bertz CT molecular complexity index is 645. The lowest BCUT2D eigenvalue weighted by Gasteiger charge is -2.32. The molecular formula is C19H28N4O3. The van der Waals surface area contributed by atoms with Crippen LogP contribution in [0.2, 0.25) is 0 Å². The van der Waals surface area contributed by atoms with Crippen LogP contribution in [0.1, 0.15) is 29.3 Å². The first-order valence-electron chi connectivity index (χ1n) is 9.33. The molecule has 1 unspecified atom stereocenters. The second-order valence-corrected chi connectivity index (χ2v) is 7.11. The third-order valence-electron chi connectivity index (χ3n) is 5.18. The van der Waals surface area contributed by atoms with Crippen molar-refractivity contribution in [3.05, 3.63) is 29.6 Å². The van der Waals surface area contributed by atoms with Gasteiger partial charge in [-0.2, -0.15) is 0 Å². The van der Waals surface area contributed by atoms with E-state index in [1.165, 1.54) is 0 Å². The highest BCUT2D eigenvalue weighted by Gasteiger charge is 2.32. The summed E-state index contributed by atoms with van der Waals surface area (Å²) in [7, 11) is 0. The van der Waals surface area contributed by atoms with E-state index in [1.807, 2.05) is 22.8 Å². The quantitative estimate of drug-likeness (QED) is 0.777. The summed E-state index contributed by atoms with van der Waals surface area (Å²) in [5.74, 6) is 0.0789. The molecule has 2 fully saturated rings. The number of hydrogen-bond acceptors (Lipinski definition) is 5. The van der Waals surface area contributed by atoms with Gasteiger partial charge in [0.15, 0.2) is 0 Å². The molecule has 7 nitrogen and oxygen atoms in total. The summed E-state index contributed by atoms with van der Waals surface area (Å²) in [6, 6.07) is 1.96. The van der Waals surface area contributed by atoms with Gasteiger partial charge in [0.2, 0.25) is 5.91 Å². The maximum atomic E-state index is 12.7. The van der Waals surface area contributed by atoms with E-state index in [0.29, 0.717) is 25.2 Å². The van der Waals surface area contributed by atoms with Crippen LogP contribution in [-0.2, 0) is 9.53 Å². The van der Waals surface area contributed by atoms with Crippen molar-refractivity contribution in [2.45, 2.75) is 26.3 Å². The monoisotopic (exact) mass is 360 g/mol. The first-order valence-corrected chi connectivity index (χ1v) is 9.33. The van der Waals surface area contributed by atoms with Crippen molar-refractivity contribution in [3.8, 4) is 0 Å². The summed E-state index contributed by atoms with van der Waals surface area (Å²) in [6.45, 7) is 9.74. The Balaban J connectivity index is 1.57. The zero-order valence-electron chi connectivity index (χ0n) is 15.7. The molecule has 3 heterocycles. The second kappa shape index (κ2) is 8.60. The van der Waals surface area contributed by atoms with E-state index in [9.17, 15) is 9.59 Å². The number of hydrogen-bond donors (Lipinski definition) is 0. The number of carbonyl (C=O) groups is 2. The number of rotatable bonds is 5. The van der Waals surface area contributed by atoms with Gasteiger partial charge in [0, 0.05) is 58.6 Å². The summed E-state index contributed by atoms with van der Waals surface area (Å²) < 4.78 is 5.37. The molecule has 0 saturated carbocycles. The molecule has 1 atom stereocenters. The molecule has 2 aliphatic heterocycles. The summed E-state index contributed by atoms with van der Waals surface area (Å²) in [5.41, 5.74) is 1.59. The standard InChI is InChI=1S/C19H28N4O3/c1-15-11-17(13-20-12-15)19(25)22-4-3-18(14-22)23(16(2)24)6-5-21-7-9-26-10-8-21/h11-13,18H,3-10,14H2,1-2H3. The van der Waals surface area contributed by atoms with E-state index in [0.717, 1.165) is 44.8 Å². The third-order valence-corrected chi connectivity index (χ3v) is 5.18. The Kier molecular flexibility index (Phi) is 6.21. The van der Waals surface area contributed by atoms with Gasteiger partial charge < -0.3 is 14.5 Å². The molecule has 0 bridgehead atoms. The Morgan fingerprint density at radius 1 is 1.27 bits per heavy atom. The van der Waals surface area contributed by atoms with Crippen LogP contribution >= 0.6 is 0 Å². The van der Waals surface area contributed by atoms with E-state index in [2.05, 4.69) is 9.88 Å². The number of aryl methyl sites for hydroxylation is 1. The minimum absolute atomic E-state index is 0.000353. The second-order valence-electron chi connectivity index (χ2n) is 7.11. The fourth-order valence-corrected chi connectivity index (χ4v) is 3.71. The van der Waals surface area contributed by atoms with Crippen molar-refractivity contribution in [3.63, 3.8) is 0 Å². The average molecular weight is 360 g/mol. The Morgan fingerprint density at radius 2 is 2.04 bits per heavy atom. The van der Waals surface area contributed by atoms with Crippen molar-refractivity contribution < 1.29 is 14.3 Å². The molecule has 0 aliphatic carbocycles. The Hall–Kier alpha value is -1.99. The van der Waals surface area contributed by atoms with Gasteiger partial charge in [-0.1, -0.05) is 0 Å². The topological polar surface area (TPSA) is 66.0 Å². The predicted octanol–water partition coefficient (Wildman–Crippen LogP) is 0.785. The number of likely N-dealkylation sites (tertiary alicyclic amines) is 1. The van der Waals surface area contributed by atoms with Gasteiger partial charge >= 0.3 is 0 Å². The number of carbonyl (C=O) groups excluding carboxylic acids is 2. The highest BCUT2D eigenvalue weighted by Crippen LogP contribution is 2.19. The van der Waals surface area contributed by atoms with Crippen molar-refractivity contribution in [2.24, 2.45) is 0 Å². The molecule has 3 rings (SSSR count). The molecular weight excluding hydrogens is 332 g/mol. The fourth-order valence-electron chi connectivity index (χ4n) is 3.71. The van der Waals surface area contributed by atoms with E-state index < -0.39 is 0 Å². The number of nitrogens with zero attached hydrogens (tertiary/aromatic N) is 4. The molecule has 1 aromatic heterocycles. The van der Waals surface area contributed by atoms with Gasteiger partial charge in [-0.15, -0.1) is 0 Å².